The lowest BCUT2D eigenvalue weighted by Crippen LogP contribution is -2.39. The van der Waals surface area contributed by atoms with E-state index in [0.29, 0.717) is 5.57 Å². The maximum absolute atomic E-state index is 11.0. The molecule has 1 aliphatic rings. The minimum absolute atomic E-state index is 0.0948. The molecule has 2 unspecified atom stereocenters. The Balaban J connectivity index is 3.29. The van der Waals surface area contributed by atoms with E-state index in [1.54, 1.807) is 13.8 Å². The van der Waals surface area contributed by atoms with E-state index in [-0.39, 0.29) is 5.57 Å². The lowest BCUT2D eigenvalue weighted by Gasteiger charge is -2.32. The largest absolute Gasteiger partial charge is 0.481 e. The molecule has 0 bridgehead atoms. The Hall–Kier alpha value is -1.10. The first-order valence-electron chi connectivity index (χ1n) is 4.33. The molecule has 0 fully saturated rings. The third kappa shape index (κ3) is 1.97. The fraction of sp³-hybridized carbons (Fsp3) is 0.400. The number of hydrogen-bond donors (Lipinski definition) is 2. The van der Waals surface area contributed by atoms with Crippen molar-refractivity contribution in [3.05, 3.63) is 23.3 Å². The fourth-order valence-electron chi connectivity index (χ4n) is 1.74. The summed E-state index contributed by atoms with van der Waals surface area (Å²) in [5.41, 5.74) is 0.664. The summed E-state index contributed by atoms with van der Waals surface area (Å²) in [6, 6.07) is 0. The molecular formula is C10H11BrO4. The molecule has 0 spiro atoms. The van der Waals surface area contributed by atoms with Gasteiger partial charge in [0.05, 0.1) is 15.8 Å². The Morgan fingerprint density at radius 2 is 2.00 bits per heavy atom. The maximum Gasteiger partial charge on any atom is 0.333 e. The molecule has 2 atom stereocenters. The fourth-order valence-corrected chi connectivity index (χ4v) is 2.57. The highest BCUT2D eigenvalue weighted by molar-refractivity contribution is 9.10. The number of carboxylic acid groups (broad SMARTS) is 2. The second-order valence-electron chi connectivity index (χ2n) is 3.61. The molecule has 0 heterocycles. The van der Waals surface area contributed by atoms with Gasteiger partial charge in [-0.2, -0.15) is 0 Å². The summed E-state index contributed by atoms with van der Waals surface area (Å²) >= 11 is 3.20. The van der Waals surface area contributed by atoms with Crippen LogP contribution in [-0.4, -0.2) is 26.5 Å². The maximum atomic E-state index is 11.0. The zero-order valence-electron chi connectivity index (χ0n) is 8.32. The molecule has 0 saturated carbocycles. The second-order valence-corrected chi connectivity index (χ2v) is 5.26. The van der Waals surface area contributed by atoms with Crippen molar-refractivity contribution in [2.75, 3.05) is 0 Å². The molecule has 2 N–H and O–H groups in total. The number of halogens is 1. The van der Waals surface area contributed by atoms with Crippen LogP contribution in [0.15, 0.2) is 23.3 Å². The monoisotopic (exact) mass is 274 g/mol. The van der Waals surface area contributed by atoms with Crippen molar-refractivity contribution in [3.63, 3.8) is 0 Å². The number of allylic oxidation sites excluding steroid dienone is 2. The zero-order chi connectivity index (χ0) is 11.8. The molecule has 0 radical (unpaired) electrons. The van der Waals surface area contributed by atoms with E-state index in [9.17, 15) is 9.59 Å². The molecule has 1 aliphatic carbocycles. The summed E-state index contributed by atoms with van der Waals surface area (Å²) in [6.07, 6.45) is 3.03. The highest BCUT2D eigenvalue weighted by atomic mass is 79.9. The summed E-state index contributed by atoms with van der Waals surface area (Å²) in [6.45, 7) is 3.21. The van der Waals surface area contributed by atoms with Gasteiger partial charge in [0.2, 0.25) is 0 Å². The van der Waals surface area contributed by atoms with E-state index < -0.39 is 22.2 Å². The Labute approximate surface area is 95.4 Å². The summed E-state index contributed by atoms with van der Waals surface area (Å²) in [4.78, 5) is 22.0. The normalized spacial score (nSPS) is 30.5. The minimum atomic E-state index is -1.09. The van der Waals surface area contributed by atoms with Crippen LogP contribution in [-0.2, 0) is 9.59 Å². The quantitative estimate of drug-likeness (QED) is 0.754. The van der Waals surface area contributed by atoms with Crippen LogP contribution in [0.4, 0.5) is 0 Å². The molecule has 0 aromatic carbocycles. The van der Waals surface area contributed by atoms with Crippen molar-refractivity contribution in [2.24, 2.45) is 5.92 Å². The van der Waals surface area contributed by atoms with E-state index in [1.807, 2.05) is 0 Å². The van der Waals surface area contributed by atoms with Gasteiger partial charge in [-0.05, 0) is 19.4 Å². The highest BCUT2D eigenvalue weighted by Crippen LogP contribution is 2.41. The summed E-state index contributed by atoms with van der Waals surface area (Å²) in [7, 11) is 0. The van der Waals surface area contributed by atoms with Crippen LogP contribution in [0.25, 0.3) is 0 Å². The van der Waals surface area contributed by atoms with Crippen LogP contribution >= 0.6 is 15.9 Å². The van der Waals surface area contributed by atoms with E-state index in [0.717, 1.165) is 0 Å². The number of rotatable bonds is 2. The lowest BCUT2D eigenvalue weighted by atomic mass is 9.80. The topological polar surface area (TPSA) is 74.6 Å². The third-order valence-corrected chi connectivity index (χ3v) is 3.38. The Morgan fingerprint density at radius 3 is 2.40 bits per heavy atom. The predicted octanol–water partition coefficient (Wildman–Crippen LogP) is 1.81. The third-order valence-electron chi connectivity index (χ3n) is 2.49. The number of aliphatic carboxylic acids is 2. The van der Waals surface area contributed by atoms with Crippen LogP contribution in [0.1, 0.15) is 13.8 Å². The van der Waals surface area contributed by atoms with E-state index in [2.05, 4.69) is 15.9 Å². The van der Waals surface area contributed by atoms with Crippen molar-refractivity contribution in [3.8, 4) is 0 Å². The Morgan fingerprint density at radius 1 is 1.47 bits per heavy atom. The Bertz CT molecular complexity index is 379. The molecule has 0 aliphatic heterocycles. The van der Waals surface area contributed by atoms with Gasteiger partial charge in [-0.15, -0.1) is 0 Å². The molecule has 0 aromatic rings. The van der Waals surface area contributed by atoms with E-state index in [1.165, 1.54) is 12.2 Å². The zero-order valence-corrected chi connectivity index (χ0v) is 9.91. The van der Waals surface area contributed by atoms with Crippen LogP contribution in [0.5, 0.6) is 0 Å². The number of alkyl halides is 1. The van der Waals surface area contributed by atoms with Crippen molar-refractivity contribution in [1.82, 2.24) is 0 Å². The average Bonchev–Trinajstić information content (AvgIpc) is 1.99. The van der Waals surface area contributed by atoms with Gasteiger partial charge in [-0.25, -0.2) is 4.79 Å². The SMILES string of the molecule is CC1=C(C(=O)O)C(C)(Br)C(C(=O)O)C=C1. The first-order chi connectivity index (χ1) is 6.78. The molecule has 15 heavy (non-hydrogen) atoms. The second kappa shape index (κ2) is 3.81. The first-order valence-corrected chi connectivity index (χ1v) is 5.12. The summed E-state index contributed by atoms with van der Waals surface area (Å²) in [5.74, 6) is -3.01. The van der Waals surface area contributed by atoms with Gasteiger partial charge in [0.15, 0.2) is 0 Å². The van der Waals surface area contributed by atoms with Crippen LogP contribution in [0.3, 0.4) is 0 Å². The highest BCUT2D eigenvalue weighted by Gasteiger charge is 2.44. The summed E-state index contributed by atoms with van der Waals surface area (Å²) < 4.78 is -1.07. The van der Waals surface area contributed by atoms with Gasteiger partial charge in [0, 0.05) is 0 Å². The van der Waals surface area contributed by atoms with Gasteiger partial charge < -0.3 is 10.2 Å². The average molecular weight is 275 g/mol. The molecule has 4 nitrogen and oxygen atoms in total. The van der Waals surface area contributed by atoms with E-state index in [4.69, 9.17) is 10.2 Å². The van der Waals surface area contributed by atoms with Crippen molar-refractivity contribution < 1.29 is 19.8 Å². The van der Waals surface area contributed by atoms with Gasteiger partial charge in [-0.1, -0.05) is 28.1 Å². The summed E-state index contributed by atoms with van der Waals surface area (Å²) in [5, 5.41) is 18.0. The molecular weight excluding hydrogens is 264 g/mol. The minimum Gasteiger partial charge on any atom is -0.481 e. The molecule has 5 heteroatoms. The van der Waals surface area contributed by atoms with Crippen molar-refractivity contribution >= 4 is 27.9 Å². The standard InChI is InChI=1S/C10H11BrO4/c1-5-3-4-6(8(12)13)10(2,11)7(5)9(14)15/h3-4,6H,1-2H3,(H,12,13)(H,14,15). The smallest absolute Gasteiger partial charge is 0.333 e. The van der Waals surface area contributed by atoms with Gasteiger partial charge >= 0.3 is 11.9 Å². The van der Waals surface area contributed by atoms with Gasteiger partial charge in [0.25, 0.3) is 0 Å². The van der Waals surface area contributed by atoms with Gasteiger partial charge in [0.1, 0.15) is 0 Å². The number of hydrogen-bond acceptors (Lipinski definition) is 2. The first kappa shape index (κ1) is 12.0. The van der Waals surface area contributed by atoms with Gasteiger partial charge in [-0.3, -0.25) is 4.79 Å². The number of carbonyl (C=O) groups is 2. The molecule has 0 amide bonds. The van der Waals surface area contributed by atoms with Crippen LogP contribution < -0.4 is 0 Å². The number of carboxylic acids is 2. The molecule has 82 valence electrons. The Kier molecular flexibility index (Phi) is 3.04. The van der Waals surface area contributed by atoms with Crippen molar-refractivity contribution in [1.29, 1.82) is 0 Å². The van der Waals surface area contributed by atoms with Crippen molar-refractivity contribution in [2.45, 2.75) is 18.2 Å². The molecule has 0 saturated heterocycles. The predicted molar refractivity (Wildman–Crippen MR) is 57.9 cm³/mol. The molecule has 1 rings (SSSR count). The van der Waals surface area contributed by atoms with E-state index >= 15 is 0 Å². The molecule has 0 aromatic heterocycles. The van der Waals surface area contributed by atoms with Crippen LogP contribution in [0, 0.1) is 5.92 Å². The van der Waals surface area contributed by atoms with Crippen LogP contribution in [0.2, 0.25) is 0 Å². The lowest BCUT2D eigenvalue weighted by molar-refractivity contribution is -0.140.